The summed E-state index contributed by atoms with van der Waals surface area (Å²) in [5, 5.41) is 2.66. The van der Waals surface area contributed by atoms with Gasteiger partial charge >= 0.3 is 12.0 Å². The Bertz CT molecular complexity index is 715. The minimum Gasteiger partial charge on any atom is -0.456 e. The van der Waals surface area contributed by atoms with E-state index >= 15 is 0 Å². The fourth-order valence-corrected chi connectivity index (χ4v) is 2.64. The van der Waals surface area contributed by atoms with Crippen LogP contribution < -0.4 is 5.32 Å². The van der Waals surface area contributed by atoms with E-state index in [4.69, 9.17) is 4.74 Å². The molecule has 2 rings (SSSR count). The predicted molar refractivity (Wildman–Crippen MR) is 99.1 cm³/mol. The molecule has 0 aromatic heterocycles. The summed E-state index contributed by atoms with van der Waals surface area (Å²) < 4.78 is 4.93. The Morgan fingerprint density at radius 1 is 1.19 bits per heavy atom. The van der Waals surface area contributed by atoms with Crippen molar-refractivity contribution in [2.75, 3.05) is 32.1 Å². The molecule has 1 aromatic rings. The van der Waals surface area contributed by atoms with Gasteiger partial charge in [0.05, 0.1) is 0 Å². The van der Waals surface area contributed by atoms with Gasteiger partial charge in [-0.3, -0.25) is 19.3 Å². The third kappa shape index (κ3) is 5.80. The summed E-state index contributed by atoms with van der Waals surface area (Å²) in [6.45, 7) is 4.00. The maximum absolute atomic E-state index is 11.8. The van der Waals surface area contributed by atoms with Gasteiger partial charge in [0.2, 0.25) is 5.91 Å². The molecule has 0 spiro atoms. The van der Waals surface area contributed by atoms with Crippen LogP contribution >= 0.6 is 0 Å². The number of carbonyl (C=O) groups is 4. The first-order valence-electron chi connectivity index (χ1n) is 8.89. The first-order valence-corrected chi connectivity index (χ1v) is 8.89. The number of amides is 4. The van der Waals surface area contributed by atoms with Gasteiger partial charge in [-0.2, -0.15) is 0 Å². The number of imide groups is 1. The Hall–Kier alpha value is -2.90. The average Bonchev–Trinajstić information content (AvgIpc) is 2.86. The zero-order chi connectivity index (χ0) is 20.0. The average molecular weight is 375 g/mol. The quantitative estimate of drug-likeness (QED) is 0.553. The fourth-order valence-electron chi connectivity index (χ4n) is 2.64. The normalized spacial score (nSPS) is 14.1. The first kappa shape index (κ1) is 20.4. The number of hydrogen-bond donors (Lipinski definition) is 1. The zero-order valence-electron chi connectivity index (χ0n) is 15.9. The summed E-state index contributed by atoms with van der Waals surface area (Å²) in [5.74, 6) is -0.846. The second-order valence-electron chi connectivity index (χ2n) is 6.77. The lowest BCUT2D eigenvalue weighted by Crippen LogP contribution is -2.32. The topological polar surface area (TPSA) is 96.0 Å². The van der Waals surface area contributed by atoms with Crippen molar-refractivity contribution in [3.63, 3.8) is 0 Å². The maximum atomic E-state index is 11.8. The molecule has 27 heavy (non-hydrogen) atoms. The molecule has 1 saturated heterocycles. The number of nitrogens with zero attached hydrogens (tertiary/aromatic N) is 2. The van der Waals surface area contributed by atoms with Crippen LogP contribution in [-0.4, -0.2) is 60.4 Å². The number of rotatable bonds is 8. The van der Waals surface area contributed by atoms with Crippen molar-refractivity contribution in [1.82, 2.24) is 9.80 Å². The Morgan fingerprint density at radius 3 is 2.41 bits per heavy atom. The number of carbonyl (C=O) groups excluding carboxylic acids is 4. The minimum absolute atomic E-state index is 0.0249. The lowest BCUT2D eigenvalue weighted by Gasteiger charge is -2.13. The molecule has 1 aliphatic rings. The summed E-state index contributed by atoms with van der Waals surface area (Å²) in [6.07, 6.45) is 0.319. The van der Waals surface area contributed by atoms with E-state index in [1.54, 1.807) is 19.2 Å². The molecule has 4 amide bonds. The fraction of sp³-hybridized carbons (Fsp3) is 0.474. The third-order valence-corrected chi connectivity index (χ3v) is 4.22. The van der Waals surface area contributed by atoms with Crippen LogP contribution in [0.2, 0.25) is 0 Å². The second kappa shape index (κ2) is 9.16. The highest BCUT2D eigenvalue weighted by Gasteiger charge is 2.32. The van der Waals surface area contributed by atoms with Gasteiger partial charge in [-0.25, -0.2) is 4.79 Å². The van der Waals surface area contributed by atoms with Crippen LogP contribution in [0.25, 0.3) is 0 Å². The van der Waals surface area contributed by atoms with Gasteiger partial charge in [0.15, 0.2) is 6.61 Å². The van der Waals surface area contributed by atoms with E-state index in [2.05, 4.69) is 19.2 Å². The van der Waals surface area contributed by atoms with Crippen molar-refractivity contribution in [3.8, 4) is 0 Å². The monoisotopic (exact) mass is 375 g/mol. The molecule has 0 bridgehead atoms. The van der Waals surface area contributed by atoms with Gasteiger partial charge in [-0.15, -0.1) is 0 Å². The van der Waals surface area contributed by atoms with E-state index in [1.165, 1.54) is 10.5 Å². The Balaban J connectivity index is 1.67. The van der Waals surface area contributed by atoms with Crippen LogP contribution in [-0.2, 0) is 19.1 Å². The van der Waals surface area contributed by atoms with Crippen LogP contribution in [0.5, 0.6) is 0 Å². The predicted octanol–water partition coefficient (Wildman–Crippen LogP) is 1.97. The van der Waals surface area contributed by atoms with Crippen molar-refractivity contribution in [2.45, 2.75) is 32.6 Å². The summed E-state index contributed by atoms with van der Waals surface area (Å²) in [5.41, 5.74) is 1.80. The Kier molecular flexibility index (Phi) is 6.92. The SMILES string of the molecule is CC(C)c1ccc(NC(=O)COC(=O)CCCN2C(=O)CN(C)C2=O)cc1. The largest absolute Gasteiger partial charge is 0.456 e. The number of anilines is 1. The molecule has 8 nitrogen and oxygen atoms in total. The van der Waals surface area contributed by atoms with Crippen LogP contribution in [0.4, 0.5) is 10.5 Å². The van der Waals surface area contributed by atoms with Gasteiger partial charge in [-0.1, -0.05) is 26.0 Å². The highest BCUT2D eigenvalue weighted by Crippen LogP contribution is 2.17. The van der Waals surface area contributed by atoms with E-state index in [9.17, 15) is 19.2 Å². The second-order valence-corrected chi connectivity index (χ2v) is 6.77. The van der Waals surface area contributed by atoms with Gasteiger partial charge in [-0.05, 0) is 30.0 Å². The van der Waals surface area contributed by atoms with Gasteiger partial charge in [0.25, 0.3) is 5.91 Å². The number of urea groups is 1. The minimum atomic E-state index is -0.548. The van der Waals surface area contributed by atoms with Crippen LogP contribution in [0, 0.1) is 0 Å². The van der Waals surface area contributed by atoms with Crippen LogP contribution in [0.3, 0.4) is 0 Å². The van der Waals surface area contributed by atoms with Crippen LogP contribution in [0.15, 0.2) is 24.3 Å². The zero-order valence-corrected chi connectivity index (χ0v) is 15.9. The molecule has 1 aliphatic heterocycles. The van der Waals surface area contributed by atoms with E-state index in [0.29, 0.717) is 18.0 Å². The number of likely N-dealkylation sites (N-methyl/N-ethyl adjacent to an activating group) is 1. The molecule has 0 saturated carbocycles. The highest BCUT2D eigenvalue weighted by molar-refractivity contribution is 6.01. The molecular formula is C19H25N3O5. The molecule has 8 heteroatoms. The van der Waals surface area contributed by atoms with Crippen molar-refractivity contribution >= 4 is 29.5 Å². The molecule has 146 valence electrons. The van der Waals surface area contributed by atoms with Crippen molar-refractivity contribution in [2.24, 2.45) is 0 Å². The molecule has 1 N–H and O–H groups in total. The molecule has 0 aliphatic carbocycles. The molecule has 1 aromatic carbocycles. The van der Waals surface area contributed by atoms with Crippen molar-refractivity contribution < 1.29 is 23.9 Å². The molecular weight excluding hydrogens is 350 g/mol. The molecule has 0 unspecified atom stereocenters. The number of hydrogen-bond acceptors (Lipinski definition) is 5. The molecule has 1 heterocycles. The molecule has 0 radical (unpaired) electrons. The number of ether oxygens (including phenoxy) is 1. The summed E-state index contributed by atoms with van der Waals surface area (Å²) in [4.78, 5) is 49.3. The Labute approximate surface area is 158 Å². The number of esters is 1. The number of nitrogens with one attached hydrogen (secondary N) is 1. The highest BCUT2D eigenvalue weighted by atomic mass is 16.5. The van der Waals surface area contributed by atoms with Crippen molar-refractivity contribution in [3.05, 3.63) is 29.8 Å². The molecule has 0 atom stereocenters. The van der Waals surface area contributed by atoms with Gasteiger partial charge in [0, 0.05) is 25.7 Å². The van der Waals surface area contributed by atoms with E-state index in [0.717, 1.165) is 4.90 Å². The summed E-state index contributed by atoms with van der Waals surface area (Å²) in [7, 11) is 1.55. The standard InChI is InChI=1S/C19H25N3O5/c1-13(2)14-6-8-15(9-7-14)20-16(23)12-27-18(25)5-4-10-22-17(24)11-21(3)19(22)26/h6-9,13H,4-5,10-12H2,1-3H3,(H,20,23). The number of benzene rings is 1. The smallest absolute Gasteiger partial charge is 0.326 e. The lowest BCUT2D eigenvalue weighted by atomic mass is 10.0. The first-order chi connectivity index (χ1) is 12.8. The van der Waals surface area contributed by atoms with Crippen molar-refractivity contribution in [1.29, 1.82) is 0 Å². The van der Waals surface area contributed by atoms with E-state index in [1.807, 2.05) is 12.1 Å². The van der Waals surface area contributed by atoms with E-state index < -0.39 is 11.9 Å². The van der Waals surface area contributed by atoms with Crippen LogP contribution in [0.1, 0.15) is 38.2 Å². The van der Waals surface area contributed by atoms with Gasteiger partial charge in [0.1, 0.15) is 6.54 Å². The summed E-state index contributed by atoms with van der Waals surface area (Å²) in [6, 6.07) is 7.11. The van der Waals surface area contributed by atoms with E-state index in [-0.39, 0.29) is 38.1 Å². The lowest BCUT2D eigenvalue weighted by molar-refractivity contribution is -0.147. The molecule has 1 fully saturated rings. The van der Waals surface area contributed by atoms with Gasteiger partial charge < -0.3 is 15.0 Å². The summed E-state index contributed by atoms with van der Waals surface area (Å²) >= 11 is 0. The maximum Gasteiger partial charge on any atom is 0.326 e. The Morgan fingerprint density at radius 2 is 1.85 bits per heavy atom. The third-order valence-electron chi connectivity index (χ3n) is 4.22.